The smallest absolute Gasteiger partial charge is 0.407 e. The summed E-state index contributed by atoms with van der Waals surface area (Å²) in [5.74, 6) is -1.51. The SMILES string of the molecule is Cc1nc(CC(C)C)c(CNC(=O)OC(C)(C)C)c(-c2ccc(CN)cc2)c1NC(=O)c1ccccc1C(=O)O. The lowest BCUT2D eigenvalue weighted by Crippen LogP contribution is -2.32. The number of anilines is 1. The molecule has 1 aromatic heterocycles. The van der Waals surface area contributed by atoms with E-state index in [9.17, 15) is 19.5 Å². The van der Waals surface area contributed by atoms with E-state index in [1.54, 1.807) is 39.8 Å². The minimum atomic E-state index is -1.20. The summed E-state index contributed by atoms with van der Waals surface area (Å²) in [6.07, 6.45) is 0.0600. The van der Waals surface area contributed by atoms with Crippen LogP contribution in [0.25, 0.3) is 11.1 Å². The van der Waals surface area contributed by atoms with Crippen molar-refractivity contribution < 1.29 is 24.2 Å². The number of alkyl carbamates (subject to hydrolysis) is 1. The van der Waals surface area contributed by atoms with Gasteiger partial charge in [-0.3, -0.25) is 9.78 Å². The topological polar surface area (TPSA) is 144 Å². The summed E-state index contributed by atoms with van der Waals surface area (Å²) in [7, 11) is 0. The fourth-order valence-electron chi connectivity index (χ4n) is 4.35. The number of carbonyl (C=O) groups is 3. The average Bonchev–Trinajstić information content (AvgIpc) is 2.88. The van der Waals surface area contributed by atoms with E-state index in [0.29, 0.717) is 29.9 Å². The Hall–Kier alpha value is -4.24. The number of carboxylic acid groups (broad SMARTS) is 1. The van der Waals surface area contributed by atoms with Crippen molar-refractivity contribution in [2.45, 2.75) is 66.7 Å². The minimum absolute atomic E-state index is 0.0264. The molecule has 0 saturated carbocycles. The number of amides is 2. The van der Waals surface area contributed by atoms with Crippen LogP contribution >= 0.6 is 0 Å². The maximum atomic E-state index is 13.5. The Morgan fingerprint density at radius 1 is 1.02 bits per heavy atom. The highest BCUT2D eigenvalue weighted by atomic mass is 16.6. The summed E-state index contributed by atoms with van der Waals surface area (Å²) in [4.78, 5) is 42.7. The van der Waals surface area contributed by atoms with Crippen LogP contribution in [0.4, 0.5) is 10.5 Å². The number of aryl methyl sites for hydroxylation is 1. The zero-order chi connectivity index (χ0) is 29.6. The van der Waals surface area contributed by atoms with Gasteiger partial charge in [0.15, 0.2) is 0 Å². The first-order chi connectivity index (χ1) is 18.8. The van der Waals surface area contributed by atoms with E-state index in [4.69, 9.17) is 15.5 Å². The summed E-state index contributed by atoms with van der Waals surface area (Å²) >= 11 is 0. The number of nitrogens with two attached hydrogens (primary N) is 1. The van der Waals surface area contributed by atoms with Gasteiger partial charge in [-0.05, 0) is 63.3 Å². The van der Waals surface area contributed by atoms with Crippen LogP contribution in [-0.4, -0.2) is 33.7 Å². The van der Waals surface area contributed by atoms with Gasteiger partial charge >= 0.3 is 12.1 Å². The molecule has 0 fully saturated rings. The first kappa shape index (κ1) is 30.3. The number of aromatic carboxylic acids is 1. The van der Waals surface area contributed by atoms with Crippen molar-refractivity contribution in [2.75, 3.05) is 5.32 Å². The molecule has 212 valence electrons. The van der Waals surface area contributed by atoms with E-state index >= 15 is 0 Å². The van der Waals surface area contributed by atoms with Gasteiger partial charge < -0.3 is 26.2 Å². The van der Waals surface area contributed by atoms with Gasteiger partial charge in [-0.1, -0.05) is 50.2 Å². The number of benzene rings is 2. The molecule has 0 radical (unpaired) electrons. The quantitative estimate of drug-likeness (QED) is 0.270. The minimum Gasteiger partial charge on any atom is -0.478 e. The van der Waals surface area contributed by atoms with Gasteiger partial charge in [0.1, 0.15) is 5.60 Å². The zero-order valence-corrected chi connectivity index (χ0v) is 23.9. The monoisotopic (exact) mass is 546 g/mol. The Bertz CT molecular complexity index is 1390. The molecule has 40 heavy (non-hydrogen) atoms. The van der Waals surface area contributed by atoms with Crippen LogP contribution in [0.3, 0.4) is 0 Å². The lowest BCUT2D eigenvalue weighted by molar-refractivity contribution is 0.0522. The van der Waals surface area contributed by atoms with Crippen LogP contribution in [0.1, 0.15) is 77.8 Å². The fraction of sp³-hybridized carbons (Fsp3) is 0.355. The van der Waals surface area contributed by atoms with E-state index in [1.807, 2.05) is 24.3 Å². The van der Waals surface area contributed by atoms with Gasteiger partial charge in [0.25, 0.3) is 5.91 Å². The molecule has 0 aliphatic heterocycles. The molecule has 0 bridgehead atoms. The van der Waals surface area contributed by atoms with Crippen molar-refractivity contribution in [2.24, 2.45) is 11.7 Å². The van der Waals surface area contributed by atoms with Crippen molar-refractivity contribution in [3.63, 3.8) is 0 Å². The molecule has 0 unspecified atom stereocenters. The molecule has 0 aliphatic carbocycles. The van der Waals surface area contributed by atoms with Crippen LogP contribution in [0, 0.1) is 12.8 Å². The molecule has 5 N–H and O–H groups in total. The summed E-state index contributed by atoms with van der Waals surface area (Å²) in [5, 5.41) is 15.4. The third kappa shape index (κ3) is 7.66. The van der Waals surface area contributed by atoms with Crippen LogP contribution in [0.15, 0.2) is 48.5 Å². The summed E-state index contributed by atoms with van der Waals surface area (Å²) in [6, 6.07) is 13.7. The predicted octanol–water partition coefficient (Wildman–Crippen LogP) is 5.69. The summed E-state index contributed by atoms with van der Waals surface area (Å²) < 4.78 is 5.46. The highest BCUT2D eigenvalue weighted by molar-refractivity contribution is 6.12. The Kier molecular flexibility index (Phi) is 9.65. The first-order valence-corrected chi connectivity index (χ1v) is 13.2. The third-order valence-corrected chi connectivity index (χ3v) is 6.09. The van der Waals surface area contributed by atoms with E-state index in [-0.39, 0.29) is 23.6 Å². The van der Waals surface area contributed by atoms with Crippen LogP contribution in [-0.2, 0) is 24.2 Å². The molecular weight excluding hydrogens is 508 g/mol. The zero-order valence-electron chi connectivity index (χ0n) is 23.9. The number of carbonyl (C=O) groups excluding carboxylic acids is 2. The molecule has 0 spiro atoms. The van der Waals surface area contributed by atoms with E-state index in [1.165, 1.54) is 12.1 Å². The predicted molar refractivity (Wildman–Crippen MR) is 155 cm³/mol. The fourth-order valence-corrected chi connectivity index (χ4v) is 4.35. The number of nitrogens with one attached hydrogen (secondary N) is 2. The Labute approximate surface area is 235 Å². The van der Waals surface area contributed by atoms with Crippen molar-refractivity contribution in [3.05, 3.63) is 82.2 Å². The van der Waals surface area contributed by atoms with Crippen molar-refractivity contribution in [1.82, 2.24) is 10.3 Å². The maximum Gasteiger partial charge on any atom is 0.407 e. The summed E-state index contributed by atoms with van der Waals surface area (Å²) in [5.41, 5.74) is 9.99. The van der Waals surface area contributed by atoms with Crippen molar-refractivity contribution in [1.29, 1.82) is 0 Å². The lowest BCUT2D eigenvalue weighted by atomic mass is 9.91. The number of carboxylic acids is 1. The second kappa shape index (κ2) is 12.7. The number of hydrogen-bond donors (Lipinski definition) is 4. The number of aromatic nitrogens is 1. The lowest BCUT2D eigenvalue weighted by Gasteiger charge is -2.24. The molecule has 1 heterocycles. The molecule has 3 rings (SSSR count). The van der Waals surface area contributed by atoms with E-state index < -0.39 is 23.6 Å². The van der Waals surface area contributed by atoms with Gasteiger partial charge in [-0.15, -0.1) is 0 Å². The average molecular weight is 547 g/mol. The van der Waals surface area contributed by atoms with Gasteiger partial charge in [0.05, 0.1) is 22.5 Å². The summed E-state index contributed by atoms with van der Waals surface area (Å²) in [6.45, 7) is 11.8. The van der Waals surface area contributed by atoms with Gasteiger partial charge in [0.2, 0.25) is 0 Å². The standard InChI is InChI=1S/C31H38N4O5/c1-18(2)15-25-24(17-33-30(39)40-31(4,5)6)26(21-13-11-20(16-32)12-14-21)27(19(3)34-25)35-28(36)22-9-7-8-10-23(22)29(37)38/h7-14,18H,15-17,32H2,1-6H3,(H,33,39)(H,35,36)(H,37,38). The molecule has 0 saturated heterocycles. The van der Waals surface area contributed by atoms with Crippen LogP contribution in [0.5, 0.6) is 0 Å². The maximum absolute atomic E-state index is 13.5. The Morgan fingerprint density at radius 3 is 2.20 bits per heavy atom. The van der Waals surface area contributed by atoms with Gasteiger partial charge in [-0.25, -0.2) is 9.59 Å². The number of hydrogen-bond acceptors (Lipinski definition) is 6. The number of rotatable bonds is 9. The highest BCUT2D eigenvalue weighted by Crippen LogP contribution is 2.37. The van der Waals surface area contributed by atoms with Gasteiger partial charge in [0, 0.05) is 29.9 Å². The van der Waals surface area contributed by atoms with Crippen molar-refractivity contribution in [3.8, 4) is 11.1 Å². The molecule has 9 nitrogen and oxygen atoms in total. The Balaban J connectivity index is 2.20. The van der Waals surface area contributed by atoms with E-state index in [0.717, 1.165) is 22.4 Å². The second-order valence-electron chi connectivity index (χ2n) is 11.0. The Morgan fingerprint density at radius 2 is 1.65 bits per heavy atom. The number of nitrogens with zero attached hydrogens (tertiary/aromatic N) is 1. The molecule has 2 amide bonds. The first-order valence-electron chi connectivity index (χ1n) is 13.2. The van der Waals surface area contributed by atoms with Gasteiger partial charge in [-0.2, -0.15) is 0 Å². The highest BCUT2D eigenvalue weighted by Gasteiger charge is 2.25. The second-order valence-corrected chi connectivity index (χ2v) is 11.0. The van der Waals surface area contributed by atoms with E-state index in [2.05, 4.69) is 24.5 Å². The molecule has 9 heteroatoms. The molecule has 3 aromatic rings. The normalized spacial score (nSPS) is 11.3. The molecule has 2 aromatic carbocycles. The van der Waals surface area contributed by atoms with Crippen LogP contribution < -0.4 is 16.4 Å². The largest absolute Gasteiger partial charge is 0.478 e. The molecule has 0 aliphatic rings. The molecule has 0 atom stereocenters. The number of ether oxygens (including phenoxy) is 1. The number of pyridine rings is 1. The van der Waals surface area contributed by atoms with Crippen molar-refractivity contribution >= 4 is 23.7 Å². The third-order valence-electron chi connectivity index (χ3n) is 6.09. The van der Waals surface area contributed by atoms with Crippen LogP contribution in [0.2, 0.25) is 0 Å². The molecular formula is C31H38N4O5.